The molecule has 2 N–H and O–H groups in total. The van der Waals surface area contributed by atoms with Gasteiger partial charge in [0.15, 0.2) is 11.6 Å². The van der Waals surface area contributed by atoms with E-state index >= 15 is 0 Å². The van der Waals surface area contributed by atoms with E-state index in [1.807, 2.05) is 30.3 Å². The largest absolute Gasteiger partial charge is 0.433 e. The summed E-state index contributed by atoms with van der Waals surface area (Å²) in [7, 11) is 0. The van der Waals surface area contributed by atoms with Crippen LogP contribution < -0.4 is 16.9 Å². The van der Waals surface area contributed by atoms with E-state index in [1.54, 1.807) is 23.5 Å². The summed E-state index contributed by atoms with van der Waals surface area (Å²) in [4.78, 5) is 28.1. The van der Waals surface area contributed by atoms with Gasteiger partial charge < -0.3 is 10.2 Å². The molecule has 3 aromatic carbocycles. The molecule has 6 heteroatoms. The molecule has 0 aliphatic heterocycles. The first-order valence-corrected chi connectivity index (χ1v) is 14.9. The topological polar surface area (TPSA) is 78.2 Å². The number of nitrogens with zero attached hydrogens (tertiary/aromatic N) is 1. The first kappa shape index (κ1) is 27.1. The van der Waals surface area contributed by atoms with Crippen molar-refractivity contribution in [2.24, 2.45) is 10.8 Å². The zero-order valence-electron chi connectivity index (χ0n) is 24.2. The third-order valence-electron chi connectivity index (χ3n) is 8.54. The molecule has 0 spiro atoms. The van der Waals surface area contributed by atoms with Gasteiger partial charge in [0.05, 0.1) is 4.70 Å². The second-order valence-corrected chi connectivity index (χ2v) is 13.7. The Balaban J connectivity index is 1.62. The Kier molecular flexibility index (Phi) is 6.47. The van der Waals surface area contributed by atoms with Crippen LogP contribution in [0.15, 0.2) is 68.6 Å². The molecule has 0 bridgehead atoms. The molecular formula is C35H34N2O3S. The molecule has 0 unspecified atom stereocenters. The highest BCUT2D eigenvalue weighted by molar-refractivity contribution is 7.25. The molecule has 0 saturated carbocycles. The van der Waals surface area contributed by atoms with Crippen LogP contribution in [-0.2, 0) is 6.54 Å². The smallest absolute Gasteiger partial charge is 0.261 e. The van der Waals surface area contributed by atoms with E-state index in [2.05, 4.69) is 58.6 Å². The number of hydrogen-bond donors (Lipinski definition) is 1. The van der Waals surface area contributed by atoms with Crippen molar-refractivity contribution < 1.29 is 4.42 Å². The molecule has 0 fully saturated rings. The molecule has 208 valence electrons. The van der Waals surface area contributed by atoms with Crippen LogP contribution in [0.1, 0.15) is 65.2 Å². The Morgan fingerprint density at radius 2 is 1.54 bits per heavy atom. The number of nitrogens with two attached hydrogens (primary N) is 1. The fourth-order valence-electron chi connectivity index (χ4n) is 5.63. The summed E-state index contributed by atoms with van der Waals surface area (Å²) in [6.07, 6.45) is 3.03. The molecule has 0 saturated heterocycles. The van der Waals surface area contributed by atoms with Crippen LogP contribution in [0.3, 0.4) is 0 Å². The maximum absolute atomic E-state index is 14.2. The van der Waals surface area contributed by atoms with E-state index < -0.39 is 0 Å². The van der Waals surface area contributed by atoms with Crippen LogP contribution in [0.5, 0.6) is 0 Å². The summed E-state index contributed by atoms with van der Waals surface area (Å²) in [5.74, 6) is 7.10. The molecule has 6 rings (SSSR count). The molecule has 0 atom stereocenters. The molecule has 0 aliphatic carbocycles. The summed E-state index contributed by atoms with van der Waals surface area (Å²) < 4.78 is 9.00. The van der Waals surface area contributed by atoms with Crippen molar-refractivity contribution in [3.8, 4) is 11.8 Å². The number of anilines is 1. The lowest BCUT2D eigenvalue weighted by Crippen LogP contribution is -2.38. The Morgan fingerprint density at radius 1 is 0.829 bits per heavy atom. The zero-order chi connectivity index (χ0) is 29.1. The minimum atomic E-state index is -0.261. The van der Waals surface area contributed by atoms with Crippen molar-refractivity contribution in [1.82, 2.24) is 4.57 Å². The second kappa shape index (κ2) is 9.78. The number of rotatable bonds is 6. The normalized spacial score (nSPS) is 12.5. The van der Waals surface area contributed by atoms with Crippen molar-refractivity contribution in [2.75, 3.05) is 5.73 Å². The Bertz CT molecular complexity index is 2130. The number of fused-ring (bicyclic) bond motifs is 2. The molecule has 3 heterocycles. The minimum absolute atomic E-state index is 0.214. The summed E-state index contributed by atoms with van der Waals surface area (Å²) in [6, 6.07) is 17.4. The van der Waals surface area contributed by atoms with Gasteiger partial charge in [-0.1, -0.05) is 71.2 Å². The lowest BCUT2D eigenvalue weighted by Gasteiger charge is -2.31. The van der Waals surface area contributed by atoms with Gasteiger partial charge in [0.1, 0.15) is 0 Å². The van der Waals surface area contributed by atoms with Crippen molar-refractivity contribution in [2.45, 2.75) is 60.4 Å². The minimum Gasteiger partial charge on any atom is -0.433 e. The van der Waals surface area contributed by atoms with Crippen LogP contribution in [0.2, 0.25) is 0 Å². The number of furan rings is 1. The number of nitrogen functional groups attached to an aromatic ring is 1. The van der Waals surface area contributed by atoms with Crippen LogP contribution >= 0.6 is 11.3 Å². The van der Waals surface area contributed by atoms with Gasteiger partial charge in [-0.3, -0.25) is 14.2 Å². The standard InChI is InChI=1S/C35H34N2O3S/c1-6-34(2,3)17-18-35(4,5)20-37-32(38)25-15-14-24-23-9-7-8-10-27(23)41-31-21(11-12-22-13-16-28(36)40-22)19-26(33(37)39)29(25)30(24)31/h7-10,13-16,19H,6,17-18,20,36H2,1-5H3. The van der Waals surface area contributed by atoms with Crippen molar-refractivity contribution in [3.05, 3.63) is 86.6 Å². The Hall–Kier alpha value is -4.08. The van der Waals surface area contributed by atoms with Gasteiger partial charge >= 0.3 is 0 Å². The first-order chi connectivity index (χ1) is 19.5. The molecular weight excluding hydrogens is 528 g/mol. The van der Waals surface area contributed by atoms with Gasteiger partial charge in [-0.25, -0.2) is 0 Å². The monoisotopic (exact) mass is 562 g/mol. The molecule has 0 aliphatic rings. The molecule has 0 radical (unpaired) electrons. The van der Waals surface area contributed by atoms with Gasteiger partial charge in [-0.2, -0.15) is 0 Å². The summed E-state index contributed by atoms with van der Waals surface area (Å²) in [6.45, 7) is 11.4. The molecule has 5 nitrogen and oxygen atoms in total. The predicted molar refractivity (Wildman–Crippen MR) is 172 cm³/mol. The number of aromatic nitrogens is 1. The van der Waals surface area contributed by atoms with Crippen LogP contribution in [0.25, 0.3) is 41.7 Å². The van der Waals surface area contributed by atoms with Gasteiger partial charge in [0.2, 0.25) is 0 Å². The molecule has 0 amide bonds. The third kappa shape index (κ3) is 4.79. The quantitative estimate of drug-likeness (QED) is 0.126. The van der Waals surface area contributed by atoms with E-state index in [4.69, 9.17) is 10.2 Å². The van der Waals surface area contributed by atoms with Crippen molar-refractivity contribution >= 4 is 58.9 Å². The van der Waals surface area contributed by atoms with Crippen molar-refractivity contribution in [3.63, 3.8) is 0 Å². The van der Waals surface area contributed by atoms with Crippen LogP contribution in [0, 0.1) is 22.7 Å². The van der Waals surface area contributed by atoms with E-state index in [0.29, 0.717) is 29.0 Å². The average molecular weight is 563 g/mol. The van der Waals surface area contributed by atoms with E-state index in [1.165, 1.54) is 4.57 Å². The SMILES string of the molecule is CCC(C)(C)CCC(C)(C)Cn1c(=O)c2ccc3c4ccccc4sc4c(C#Cc5ccc(N)o5)cc(c1=O)c2c43. The van der Waals surface area contributed by atoms with Gasteiger partial charge in [0.25, 0.3) is 11.1 Å². The number of benzene rings is 3. The number of hydrogen-bond acceptors (Lipinski definition) is 5. The third-order valence-corrected chi connectivity index (χ3v) is 9.75. The van der Waals surface area contributed by atoms with E-state index in [0.717, 1.165) is 55.8 Å². The lowest BCUT2D eigenvalue weighted by molar-refractivity contribution is 0.208. The Labute approximate surface area is 242 Å². The molecule has 6 aromatic rings. The molecule has 41 heavy (non-hydrogen) atoms. The zero-order valence-corrected chi connectivity index (χ0v) is 25.0. The van der Waals surface area contributed by atoms with Crippen LogP contribution in [-0.4, -0.2) is 4.57 Å². The number of pyridine rings is 1. The van der Waals surface area contributed by atoms with Crippen LogP contribution in [0.4, 0.5) is 5.88 Å². The summed E-state index contributed by atoms with van der Waals surface area (Å²) in [5, 5.41) is 4.83. The van der Waals surface area contributed by atoms with E-state index in [-0.39, 0.29) is 21.9 Å². The highest BCUT2D eigenvalue weighted by Crippen LogP contribution is 2.41. The Morgan fingerprint density at radius 3 is 2.27 bits per heavy atom. The predicted octanol–water partition coefficient (Wildman–Crippen LogP) is 8.14. The van der Waals surface area contributed by atoms with Gasteiger partial charge in [-0.15, -0.1) is 11.3 Å². The fraction of sp³-hybridized carbons (Fsp3) is 0.314. The summed E-state index contributed by atoms with van der Waals surface area (Å²) in [5.41, 5.74) is 5.99. The lowest BCUT2D eigenvalue weighted by atomic mass is 9.77. The second-order valence-electron chi connectivity index (χ2n) is 12.6. The maximum atomic E-state index is 14.2. The highest BCUT2D eigenvalue weighted by Gasteiger charge is 2.27. The van der Waals surface area contributed by atoms with Gasteiger partial charge in [-0.05, 0) is 64.6 Å². The molecule has 3 aromatic heterocycles. The van der Waals surface area contributed by atoms with E-state index in [9.17, 15) is 9.59 Å². The first-order valence-electron chi connectivity index (χ1n) is 14.1. The maximum Gasteiger partial charge on any atom is 0.261 e. The highest BCUT2D eigenvalue weighted by atomic mass is 32.1. The fourth-order valence-corrected chi connectivity index (χ4v) is 6.82. The summed E-state index contributed by atoms with van der Waals surface area (Å²) >= 11 is 1.62. The average Bonchev–Trinajstić information content (AvgIpc) is 3.38. The van der Waals surface area contributed by atoms with Gasteiger partial charge in [0, 0.05) is 44.4 Å². The van der Waals surface area contributed by atoms with Crippen molar-refractivity contribution in [1.29, 1.82) is 0 Å².